The van der Waals surface area contributed by atoms with Gasteiger partial charge in [0.25, 0.3) is 5.91 Å². The summed E-state index contributed by atoms with van der Waals surface area (Å²) in [6.07, 6.45) is 2.53. The summed E-state index contributed by atoms with van der Waals surface area (Å²) in [7, 11) is 0. The van der Waals surface area contributed by atoms with E-state index in [1.165, 1.54) is 12.1 Å². The molecule has 4 rings (SSSR count). The van der Waals surface area contributed by atoms with Crippen molar-refractivity contribution in [3.63, 3.8) is 0 Å². The molecule has 2 atom stereocenters. The fourth-order valence-corrected chi connectivity index (χ4v) is 4.41. The maximum Gasteiger partial charge on any atom is 0.261 e. The molecule has 0 unspecified atom stereocenters. The first-order chi connectivity index (χ1) is 15.9. The zero-order chi connectivity index (χ0) is 23.5. The van der Waals surface area contributed by atoms with Crippen molar-refractivity contribution in [1.82, 2.24) is 10.2 Å². The number of carbonyl (C=O) groups is 2. The zero-order valence-corrected chi connectivity index (χ0v) is 19.6. The molecule has 2 aromatic carbocycles. The van der Waals surface area contributed by atoms with Crippen molar-refractivity contribution in [2.24, 2.45) is 11.8 Å². The molecule has 1 heterocycles. The lowest BCUT2D eigenvalue weighted by Gasteiger charge is -2.38. The molecule has 2 amide bonds. The molecule has 2 aromatic rings. The second kappa shape index (κ2) is 9.94. The third-order valence-electron chi connectivity index (χ3n) is 6.35. The van der Waals surface area contributed by atoms with E-state index in [-0.39, 0.29) is 29.6 Å². The van der Waals surface area contributed by atoms with Gasteiger partial charge in [0.1, 0.15) is 11.6 Å². The molecule has 1 N–H and O–H groups in total. The van der Waals surface area contributed by atoms with Gasteiger partial charge in [-0.2, -0.15) is 0 Å². The van der Waals surface area contributed by atoms with Gasteiger partial charge < -0.3 is 15.0 Å². The van der Waals surface area contributed by atoms with E-state index in [2.05, 4.69) is 5.32 Å². The largest absolute Gasteiger partial charge is 0.481 e. The number of rotatable bonds is 8. The number of carbonyl (C=O) groups excluding carboxylic acids is 2. The highest BCUT2D eigenvalue weighted by Crippen LogP contribution is 2.41. The van der Waals surface area contributed by atoms with E-state index in [4.69, 9.17) is 4.74 Å². The smallest absolute Gasteiger partial charge is 0.261 e. The van der Waals surface area contributed by atoms with Gasteiger partial charge in [-0.3, -0.25) is 9.59 Å². The molecule has 0 spiro atoms. The molecule has 0 aromatic heterocycles. The third-order valence-corrected chi connectivity index (χ3v) is 6.35. The Morgan fingerprint density at radius 1 is 1.18 bits per heavy atom. The van der Waals surface area contributed by atoms with Crippen LogP contribution in [0.25, 0.3) is 0 Å². The average Bonchev–Trinajstić information content (AvgIpc) is 3.65. The van der Waals surface area contributed by atoms with Crippen molar-refractivity contribution in [3.8, 4) is 5.75 Å². The van der Waals surface area contributed by atoms with Gasteiger partial charge in [-0.05, 0) is 72.6 Å². The van der Waals surface area contributed by atoms with Gasteiger partial charge in [0.05, 0.1) is 6.04 Å². The Hall–Kier alpha value is -2.89. The molecule has 2 aliphatic rings. The summed E-state index contributed by atoms with van der Waals surface area (Å²) in [4.78, 5) is 27.6. The Bertz CT molecular complexity index is 1020. The Morgan fingerprint density at radius 3 is 2.64 bits per heavy atom. The average molecular weight is 453 g/mol. The van der Waals surface area contributed by atoms with Gasteiger partial charge in [0.15, 0.2) is 6.10 Å². The predicted molar refractivity (Wildman–Crippen MR) is 125 cm³/mol. The molecular formula is C27H33FN2O3. The maximum absolute atomic E-state index is 14.1. The predicted octanol–water partition coefficient (Wildman–Crippen LogP) is 4.64. The molecule has 33 heavy (non-hydrogen) atoms. The molecule has 1 aliphatic heterocycles. The minimum Gasteiger partial charge on any atom is -0.481 e. The van der Waals surface area contributed by atoms with E-state index < -0.39 is 6.10 Å². The zero-order valence-electron chi connectivity index (χ0n) is 19.6. The van der Waals surface area contributed by atoms with Crippen LogP contribution < -0.4 is 10.1 Å². The number of amides is 2. The van der Waals surface area contributed by atoms with Crippen LogP contribution in [-0.2, 0) is 16.0 Å². The van der Waals surface area contributed by atoms with Crippen molar-refractivity contribution < 1.29 is 18.7 Å². The van der Waals surface area contributed by atoms with E-state index in [0.29, 0.717) is 31.2 Å². The van der Waals surface area contributed by atoms with E-state index in [0.717, 1.165) is 36.0 Å². The fraction of sp³-hybridized carbons (Fsp3) is 0.481. The van der Waals surface area contributed by atoms with Gasteiger partial charge in [-0.25, -0.2) is 4.39 Å². The monoisotopic (exact) mass is 452 g/mol. The first-order valence-corrected chi connectivity index (χ1v) is 12.0. The molecule has 176 valence electrons. The van der Waals surface area contributed by atoms with Crippen LogP contribution in [0.2, 0.25) is 0 Å². The Kier molecular flexibility index (Phi) is 7.01. The lowest BCUT2D eigenvalue weighted by Crippen LogP contribution is -2.41. The molecule has 0 radical (unpaired) electrons. The van der Waals surface area contributed by atoms with E-state index in [9.17, 15) is 14.0 Å². The van der Waals surface area contributed by atoms with Crippen molar-refractivity contribution in [2.45, 2.75) is 58.6 Å². The minimum atomic E-state index is -0.595. The lowest BCUT2D eigenvalue weighted by molar-refractivity contribution is -0.134. The molecule has 5 nitrogen and oxygen atoms in total. The second-order valence-electron chi connectivity index (χ2n) is 9.53. The minimum absolute atomic E-state index is 0.0798. The van der Waals surface area contributed by atoms with Crippen molar-refractivity contribution in [3.05, 3.63) is 65.0 Å². The number of ether oxygens (including phenoxy) is 1. The Balaban J connectivity index is 1.64. The molecule has 1 saturated carbocycles. The van der Waals surface area contributed by atoms with E-state index in [1.54, 1.807) is 6.07 Å². The van der Waals surface area contributed by atoms with Crippen LogP contribution in [0.3, 0.4) is 0 Å². The van der Waals surface area contributed by atoms with E-state index >= 15 is 0 Å². The first-order valence-electron chi connectivity index (χ1n) is 12.0. The molecule has 6 heteroatoms. The number of nitrogens with zero attached hydrogens (tertiary/aromatic N) is 1. The summed E-state index contributed by atoms with van der Waals surface area (Å²) in [6, 6.07) is 11.9. The molecule has 0 saturated heterocycles. The van der Waals surface area contributed by atoms with Crippen molar-refractivity contribution in [2.75, 3.05) is 13.1 Å². The normalized spacial score (nSPS) is 18.6. The SMILES string of the molecule is CC[C@H](Oc1ccc2c(c1)[C@H](c1cccc(F)c1)N(C(=O)C1CC1)CC2)C(=O)NCC(C)C. The Morgan fingerprint density at radius 2 is 1.97 bits per heavy atom. The van der Waals surface area contributed by atoms with Gasteiger partial charge in [0.2, 0.25) is 5.91 Å². The standard InChI is InChI=1S/C27H33FN2O3/c1-4-24(26(31)29-16-17(2)3)33-22-11-10-18-12-13-30(27(32)19-8-9-19)25(23(18)15-22)20-6-5-7-21(28)14-20/h5-7,10-11,14-15,17,19,24-25H,4,8-9,12-13,16H2,1-3H3,(H,29,31)/t24-,25-/m0/s1. The summed E-state index contributed by atoms with van der Waals surface area (Å²) < 4.78 is 20.2. The first kappa shape index (κ1) is 23.3. The number of fused-ring (bicyclic) bond motifs is 1. The number of nitrogens with one attached hydrogen (secondary N) is 1. The van der Waals surface area contributed by atoms with Gasteiger partial charge in [-0.15, -0.1) is 0 Å². The van der Waals surface area contributed by atoms with Crippen LogP contribution in [0.5, 0.6) is 5.75 Å². The van der Waals surface area contributed by atoms with Crippen LogP contribution in [-0.4, -0.2) is 35.9 Å². The van der Waals surface area contributed by atoms with Crippen LogP contribution in [0, 0.1) is 17.7 Å². The summed E-state index contributed by atoms with van der Waals surface area (Å²) in [5.41, 5.74) is 2.81. The van der Waals surface area contributed by atoms with Crippen LogP contribution in [0.4, 0.5) is 4.39 Å². The number of benzene rings is 2. The quantitative estimate of drug-likeness (QED) is 0.635. The molecule has 1 fully saturated rings. The van der Waals surface area contributed by atoms with Crippen molar-refractivity contribution >= 4 is 11.8 Å². The number of halogens is 1. The summed E-state index contributed by atoms with van der Waals surface area (Å²) in [6.45, 7) is 7.23. The third kappa shape index (κ3) is 5.37. The molecular weight excluding hydrogens is 419 g/mol. The summed E-state index contributed by atoms with van der Waals surface area (Å²) in [5, 5.41) is 2.94. The second-order valence-corrected chi connectivity index (χ2v) is 9.53. The summed E-state index contributed by atoms with van der Waals surface area (Å²) >= 11 is 0. The number of hydrogen-bond acceptors (Lipinski definition) is 3. The van der Waals surface area contributed by atoms with Gasteiger partial charge in [-0.1, -0.05) is 39.0 Å². The molecule has 1 aliphatic carbocycles. The van der Waals surface area contributed by atoms with Gasteiger partial charge in [0, 0.05) is 19.0 Å². The maximum atomic E-state index is 14.1. The van der Waals surface area contributed by atoms with Crippen molar-refractivity contribution in [1.29, 1.82) is 0 Å². The molecule has 0 bridgehead atoms. The summed E-state index contributed by atoms with van der Waals surface area (Å²) in [5.74, 6) is 0.714. The highest BCUT2D eigenvalue weighted by Gasteiger charge is 2.39. The van der Waals surface area contributed by atoms with Gasteiger partial charge >= 0.3 is 0 Å². The van der Waals surface area contributed by atoms with Crippen LogP contribution in [0.1, 0.15) is 62.8 Å². The lowest BCUT2D eigenvalue weighted by atomic mass is 9.87. The highest BCUT2D eigenvalue weighted by molar-refractivity contribution is 5.82. The topological polar surface area (TPSA) is 58.6 Å². The highest BCUT2D eigenvalue weighted by atomic mass is 19.1. The van der Waals surface area contributed by atoms with Crippen LogP contribution >= 0.6 is 0 Å². The van der Waals surface area contributed by atoms with E-state index in [1.807, 2.05) is 49.9 Å². The Labute approximate surface area is 195 Å². The number of hydrogen-bond donors (Lipinski definition) is 1. The fourth-order valence-electron chi connectivity index (χ4n) is 4.41. The van der Waals surface area contributed by atoms with Crippen LogP contribution in [0.15, 0.2) is 42.5 Å².